The molecule has 7 heteroatoms. The molecule has 1 saturated carbocycles. The minimum atomic E-state index is -1.10. The average Bonchev–Trinajstić information content (AvgIpc) is 3.16. The maximum absolute atomic E-state index is 13.6. The third-order valence-electron chi connectivity index (χ3n) is 6.63. The van der Waals surface area contributed by atoms with E-state index in [0.29, 0.717) is 36.0 Å². The van der Waals surface area contributed by atoms with Gasteiger partial charge in [0, 0.05) is 37.5 Å². The van der Waals surface area contributed by atoms with Gasteiger partial charge in [0.15, 0.2) is 0 Å². The molecule has 1 aliphatic carbocycles. The minimum Gasteiger partial charge on any atom is -0.478 e. The van der Waals surface area contributed by atoms with E-state index >= 15 is 0 Å². The number of ether oxygens (including phenoxy) is 2. The van der Waals surface area contributed by atoms with Crippen LogP contribution in [0.4, 0.5) is 5.69 Å². The first-order valence-corrected chi connectivity index (χ1v) is 11.4. The van der Waals surface area contributed by atoms with Gasteiger partial charge in [-0.25, -0.2) is 4.79 Å². The normalized spacial score (nSPS) is 18.6. The Bertz CT molecular complexity index is 1160. The smallest absolute Gasteiger partial charge is 0.337 e. The molecule has 1 N–H and O–H groups in total. The highest BCUT2D eigenvalue weighted by molar-refractivity contribution is 6.12. The number of aromatic carboxylic acids is 1. The largest absolute Gasteiger partial charge is 0.478 e. The summed E-state index contributed by atoms with van der Waals surface area (Å²) in [5, 5.41) is 11.6. The van der Waals surface area contributed by atoms with Crippen LogP contribution >= 0.6 is 0 Å². The first kappa shape index (κ1) is 23.3. The summed E-state index contributed by atoms with van der Waals surface area (Å²) in [4.78, 5) is 27.4. The van der Waals surface area contributed by atoms with Crippen molar-refractivity contribution >= 4 is 39.5 Å². The highest BCUT2D eigenvalue weighted by Crippen LogP contribution is 2.37. The van der Waals surface area contributed by atoms with E-state index in [1.54, 1.807) is 25.2 Å². The number of hydrogen-bond acceptors (Lipinski definition) is 5. The molecule has 4 rings (SSSR count). The van der Waals surface area contributed by atoms with Crippen LogP contribution in [0.3, 0.4) is 0 Å². The highest BCUT2D eigenvalue weighted by atomic mass is 16.5. The predicted octanol–water partition coefficient (Wildman–Crippen LogP) is 5.24. The number of carboxylic acid groups (broad SMARTS) is 1. The van der Waals surface area contributed by atoms with Gasteiger partial charge in [-0.2, -0.15) is 0 Å². The van der Waals surface area contributed by atoms with Gasteiger partial charge in [0.25, 0.3) is 0 Å². The maximum atomic E-state index is 13.6. The highest BCUT2D eigenvalue weighted by Gasteiger charge is 2.31. The van der Waals surface area contributed by atoms with Crippen LogP contribution in [-0.4, -0.2) is 44.4 Å². The molecule has 0 atom stereocenters. The maximum Gasteiger partial charge on any atom is 0.337 e. The lowest BCUT2D eigenvalue weighted by Gasteiger charge is -2.31. The molecular weight excluding hydrogens is 422 g/mol. The summed E-state index contributed by atoms with van der Waals surface area (Å²) in [5.74, 6) is -0.621. The fraction of sp³-hybridized carbons (Fsp3) is 0.462. The van der Waals surface area contributed by atoms with Crippen molar-refractivity contribution in [2.45, 2.75) is 39.2 Å². The van der Waals surface area contributed by atoms with E-state index in [2.05, 4.69) is 6.92 Å². The number of amides is 1. The lowest BCUT2D eigenvalue weighted by atomic mass is 9.82. The fourth-order valence-corrected chi connectivity index (χ4v) is 4.77. The van der Waals surface area contributed by atoms with Crippen molar-refractivity contribution in [1.29, 1.82) is 0 Å². The van der Waals surface area contributed by atoms with E-state index in [1.807, 2.05) is 18.2 Å². The van der Waals surface area contributed by atoms with Crippen LogP contribution < -0.4 is 4.90 Å². The number of hydrogen-bond donors (Lipinski definition) is 1. The standard InChI is InChI=1S/C26H31NO6/c1-16-4-7-18(8-5-16)25(28)27(10-11-31-2)22-13-20-19-12-17(15-32-3)6-9-23(19)33-24(20)14-21(22)26(29)30/h6,9,12-14,16,18H,4-5,7-8,10-11,15H2,1-3H3,(H,29,30)/t16-,18-. The zero-order chi connectivity index (χ0) is 23.5. The van der Waals surface area contributed by atoms with E-state index < -0.39 is 5.97 Å². The molecule has 7 nitrogen and oxygen atoms in total. The summed E-state index contributed by atoms with van der Waals surface area (Å²) >= 11 is 0. The SMILES string of the molecule is COCCN(c1cc2c(cc1C(=O)O)oc1ccc(COC)cc12)C(=O)[C@H]1CC[C@H](C)CC1. The van der Waals surface area contributed by atoms with Gasteiger partial charge in [-0.3, -0.25) is 4.79 Å². The number of carbonyl (C=O) groups is 2. The Kier molecular flexibility index (Phi) is 7.00. The number of benzene rings is 2. The minimum absolute atomic E-state index is 0.0336. The molecule has 3 aromatic rings. The van der Waals surface area contributed by atoms with Crippen LogP contribution in [0.25, 0.3) is 21.9 Å². The second-order valence-corrected chi connectivity index (χ2v) is 8.98. The molecule has 2 aromatic carbocycles. The first-order chi connectivity index (χ1) is 15.9. The van der Waals surface area contributed by atoms with Gasteiger partial charge in [-0.1, -0.05) is 13.0 Å². The molecule has 1 heterocycles. The van der Waals surface area contributed by atoms with E-state index in [9.17, 15) is 14.7 Å². The van der Waals surface area contributed by atoms with Crippen molar-refractivity contribution in [2.75, 3.05) is 32.3 Å². The first-order valence-electron chi connectivity index (χ1n) is 11.4. The summed E-state index contributed by atoms with van der Waals surface area (Å²) in [6, 6.07) is 9.07. The lowest BCUT2D eigenvalue weighted by Crippen LogP contribution is -2.40. The van der Waals surface area contributed by atoms with Crippen molar-refractivity contribution in [1.82, 2.24) is 0 Å². The van der Waals surface area contributed by atoms with Crippen LogP contribution in [0.15, 0.2) is 34.7 Å². The molecule has 0 radical (unpaired) electrons. The van der Waals surface area contributed by atoms with Crippen LogP contribution in [-0.2, 0) is 20.9 Å². The molecule has 1 fully saturated rings. The van der Waals surface area contributed by atoms with Crippen molar-refractivity contribution in [3.63, 3.8) is 0 Å². The number of fused-ring (bicyclic) bond motifs is 3. The third-order valence-corrected chi connectivity index (χ3v) is 6.63. The van der Waals surface area contributed by atoms with Crippen molar-refractivity contribution < 1.29 is 28.6 Å². The molecular formula is C26H31NO6. The summed E-state index contributed by atoms with van der Waals surface area (Å²) in [5.41, 5.74) is 2.56. The van der Waals surface area contributed by atoms with Gasteiger partial charge in [0.2, 0.25) is 5.91 Å². The van der Waals surface area contributed by atoms with Gasteiger partial charge in [0.1, 0.15) is 11.2 Å². The van der Waals surface area contributed by atoms with Gasteiger partial charge in [0.05, 0.1) is 24.5 Å². The van der Waals surface area contributed by atoms with Gasteiger partial charge >= 0.3 is 5.97 Å². The van der Waals surface area contributed by atoms with Gasteiger partial charge in [-0.15, -0.1) is 0 Å². The van der Waals surface area contributed by atoms with E-state index in [4.69, 9.17) is 13.9 Å². The number of furan rings is 1. The van der Waals surface area contributed by atoms with Gasteiger partial charge in [-0.05, 0) is 61.4 Å². The molecule has 0 spiro atoms. The molecule has 0 aliphatic heterocycles. The van der Waals surface area contributed by atoms with Crippen LogP contribution in [0.1, 0.15) is 48.5 Å². The number of anilines is 1. The van der Waals surface area contributed by atoms with Crippen LogP contribution in [0.5, 0.6) is 0 Å². The summed E-state index contributed by atoms with van der Waals surface area (Å²) in [6.45, 7) is 3.27. The summed E-state index contributed by atoms with van der Waals surface area (Å²) in [7, 11) is 3.22. The molecule has 0 unspecified atom stereocenters. The van der Waals surface area contributed by atoms with E-state index in [0.717, 1.165) is 42.0 Å². The number of nitrogens with zero attached hydrogens (tertiary/aromatic N) is 1. The Balaban J connectivity index is 1.83. The molecule has 176 valence electrons. The molecule has 0 saturated heterocycles. The van der Waals surface area contributed by atoms with Crippen molar-refractivity contribution in [3.05, 3.63) is 41.5 Å². The molecule has 1 aromatic heterocycles. The van der Waals surface area contributed by atoms with E-state index in [-0.39, 0.29) is 23.9 Å². The quantitative estimate of drug-likeness (QED) is 0.502. The number of rotatable bonds is 8. The summed E-state index contributed by atoms with van der Waals surface area (Å²) in [6.07, 6.45) is 3.66. The Labute approximate surface area is 193 Å². The zero-order valence-electron chi connectivity index (χ0n) is 19.4. The van der Waals surface area contributed by atoms with E-state index in [1.165, 1.54) is 6.07 Å². The Morgan fingerprint density at radius 1 is 1.03 bits per heavy atom. The molecule has 1 aliphatic rings. The van der Waals surface area contributed by atoms with Crippen molar-refractivity contribution in [2.24, 2.45) is 11.8 Å². The second-order valence-electron chi connectivity index (χ2n) is 8.98. The monoisotopic (exact) mass is 453 g/mol. The Hall–Kier alpha value is -2.90. The summed E-state index contributed by atoms with van der Waals surface area (Å²) < 4.78 is 16.5. The number of carboxylic acids is 1. The Morgan fingerprint density at radius 2 is 1.76 bits per heavy atom. The number of methoxy groups -OCH3 is 2. The fourth-order valence-electron chi connectivity index (χ4n) is 4.77. The molecule has 0 bridgehead atoms. The van der Waals surface area contributed by atoms with Crippen LogP contribution in [0.2, 0.25) is 0 Å². The molecule has 33 heavy (non-hydrogen) atoms. The van der Waals surface area contributed by atoms with Gasteiger partial charge < -0.3 is 23.9 Å². The van der Waals surface area contributed by atoms with Crippen molar-refractivity contribution in [3.8, 4) is 0 Å². The van der Waals surface area contributed by atoms with Crippen LogP contribution in [0, 0.1) is 11.8 Å². The topological polar surface area (TPSA) is 89.2 Å². The average molecular weight is 454 g/mol. The predicted molar refractivity (Wildman–Crippen MR) is 127 cm³/mol. The third kappa shape index (κ3) is 4.75. The lowest BCUT2D eigenvalue weighted by molar-refractivity contribution is -0.123. The molecule has 1 amide bonds. The Morgan fingerprint density at radius 3 is 2.42 bits per heavy atom. The zero-order valence-corrected chi connectivity index (χ0v) is 19.4. The number of carbonyl (C=O) groups excluding carboxylic acids is 1. The second kappa shape index (κ2) is 9.93.